The molecule has 0 amide bonds. The van der Waals surface area contributed by atoms with Gasteiger partial charge < -0.3 is 5.32 Å². The SMILES string of the molecule is O=S(=O)(c1ccccc1)n1ccc2cccc(C3CCNCC3)c21. The molecule has 1 aromatic heterocycles. The Morgan fingerprint density at radius 3 is 2.42 bits per heavy atom. The quantitative estimate of drug-likeness (QED) is 0.795. The molecule has 0 spiro atoms. The van der Waals surface area contributed by atoms with E-state index in [9.17, 15) is 8.42 Å². The zero-order valence-electron chi connectivity index (χ0n) is 13.4. The highest BCUT2D eigenvalue weighted by molar-refractivity contribution is 7.90. The molecule has 0 bridgehead atoms. The largest absolute Gasteiger partial charge is 0.317 e. The molecule has 124 valence electrons. The number of fused-ring (bicyclic) bond motifs is 1. The first-order chi connectivity index (χ1) is 11.7. The van der Waals surface area contributed by atoms with Crippen molar-refractivity contribution in [2.75, 3.05) is 13.1 Å². The maximum absolute atomic E-state index is 13.1. The first-order valence-corrected chi connectivity index (χ1v) is 9.73. The molecule has 4 rings (SSSR count). The second-order valence-corrected chi connectivity index (χ2v) is 8.05. The van der Waals surface area contributed by atoms with Crippen LogP contribution in [-0.4, -0.2) is 25.5 Å². The van der Waals surface area contributed by atoms with Gasteiger partial charge in [0.15, 0.2) is 0 Å². The predicted molar refractivity (Wildman–Crippen MR) is 95.8 cm³/mol. The molecule has 3 aromatic rings. The minimum absolute atomic E-state index is 0.322. The van der Waals surface area contributed by atoms with E-state index in [4.69, 9.17) is 0 Å². The summed E-state index contributed by atoms with van der Waals surface area (Å²) in [5.74, 6) is 0.398. The standard InChI is InChI=1S/C19H20N2O2S/c22-24(23,17-6-2-1-3-7-17)21-14-11-16-5-4-8-18(19(16)21)15-9-12-20-13-10-15/h1-8,11,14-15,20H,9-10,12-13H2. The molecular weight excluding hydrogens is 320 g/mol. The number of hydrogen-bond donors (Lipinski definition) is 1. The van der Waals surface area contributed by atoms with Crippen LogP contribution < -0.4 is 5.32 Å². The fraction of sp³-hybridized carbons (Fsp3) is 0.263. The number of para-hydroxylation sites is 1. The second-order valence-electron chi connectivity index (χ2n) is 6.24. The van der Waals surface area contributed by atoms with E-state index in [1.54, 1.807) is 30.5 Å². The highest BCUT2D eigenvalue weighted by Crippen LogP contribution is 2.33. The molecule has 0 aliphatic carbocycles. The van der Waals surface area contributed by atoms with Gasteiger partial charge in [0.1, 0.15) is 0 Å². The van der Waals surface area contributed by atoms with Crippen LogP contribution in [0.1, 0.15) is 24.3 Å². The third-order valence-electron chi connectivity index (χ3n) is 4.79. The van der Waals surface area contributed by atoms with Crippen LogP contribution in [0.5, 0.6) is 0 Å². The summed E-state index contributed by atoms with van der Waals surface area (Å²) in [4.78, 5) is 0.322. The lowest BCUT2D eigenvalue weighted by Crippen LogP contribution is -2.27. The van der Waals surface area contributed by atoms with Crippen molar-refractivity contribution in [1.82, 2.24) is 9.29 Å². The average molecular weight is 340 g/mol. The van der Waals surface area contributed by atoms with Crippen LogP contribution >= 0.6 is 0 Å². The van der Waals surface area contributed by atoms with Crippen LogP contribution in [0, 0.1) is 0 Å². The topological polar surface area (TPSA) is 51.1 Å². The van der Waals surface area contributed by atoms with Crippen molar-refractivity contribution in [3.05, 3.63) is 66.4 Å². The number of piperidine rings is 1. The molecule has 2 heterocycles. The summed E-state index contributed by atoms with van der Waals surface area (Å²) in [7, 11) is -3.58. The van der Waals surface area contributed by atoms with Crippen LogP contribution in [0.15, 0.2) is 65.7 Å². The molecule has 5 heteroatoms. The Morgan fingerprint density at radius 1 is 0.917 bits per heavy atom. The van der Waals surface area contributed by atoms with Crippen molar-refractivity contribution in [3.8, 4) is 0 Å². The van der Waals surface area contributed by atoms with Crippen molar-refractivity contribution < 1.29 is 8.42 Å². The molecule has 1 N–H and O–H groups in total. The number of hydrogen-bond acceptors (Lipinski definition) is 3. The Kier molecular flexibility index (Phi) is 3.90. The minimum Gasteiger partial charge on any atom is -0.317 e. The molecule has 24 heavy (non-hydrogen) atoms. The van der Waals surface area contributed by atoms with Gasteiger partial charge in [-0.2, -0.15) is 0 Å². The Hall–Kier alpha value is -2.11. The van der Waals surface area contributed by atoms with E-state index in [2.05, 4.69) is 11.4 Å². The molecule has 1 fully saturated rings. The Balaban J connectivity index is 1.91. The summed E-state index contributed by atoms with van der Waals surface area (Å²) in [6, 6.07) is 16.6. The lowest BCUT2D eigenvalue weighted by molar-refractivity contribution is 0.462. The number of nitrogens with one attached hydrogen (secondary N) is 1. The lowest BCUT2D eigenvalue weighted by atomic mass is 9.89. The maximum Gasteiger partial charge on any atom is 0.268 e. The zero-order valence-corrected chi connectivity index (χ0v) is 14.2. The number of nitrogens with zero attached hydrogens (tertiary/aromatic N) is 1. The molecule has 1 saturated heterocycles. The molecule has 1 aliphatic rings. The maximum atomic E-state index is 13.1. The summed E-state index contributed by atoms with van der Waals surface area (Å²) < 4.78 is 27.6. The van der Waals surface area contributed by atoms with Crippen LogP contribution in [0.4, 0.5) is 0 Å². The minimum atomic E-state index is -3.58. The molecule has 0 atom stereocenters. The fourth-order valence-corrected chi connectivity index (χ4v) is 4.96. The molecule has 0 saturated carbocycles. The van der Waals surface area contributed by atoms with Gasteiger partial charge in [-0.25, -0.2) is 12.4 Å². The summed E-state index contributed by atoms with van der Waals surface area (Å²) in [5, 5.41) is 4.35. The smallest absolute Gasteiger partial charge is 0.268 e. The monoisotopic (exact) mass is 340 g/mol. The van der Waals surface area contributed by atoms with Crippen molar-refractivity contribution in [3.63, 3.8) is 0 Å². The third kappa shape index (κ3) is 2.54. The normalized spacial score (nSPS) is 16.5. The van der Waals surface area contributed by atoms with E-state index < -0.39 is 10.0 Å². The van der Waals surface area contributed by atoms with Gasteiger partial charge >= 0.3 is 0 Å². The van der Waals surface area contributed by atoms with E-state index in [1.165, 1.54) is 3.97 Å². The van der Waals surface area contributed by atoms with Crippen LogP contribution in [0.2, 0.25) is 0 Å². The van der Waals surface area contributed by atoms with Crippen molar-refractivity contribution in [2.45, 2.75) is 23.7 Å². The van der Waals surface area contributed by atoms with E-state index >= 15 is 0 Å². The highest BCUT2D eigenvalue weighted by Gasteiger charge is 2.24. The Labute approximate surface area is 142 Å². The molecular formula is C19H20N2O2S. The number of aromatic nitrogens is 1. The van der Waals surface area contributed by atoms with Gasteiger partial charge in [0.25, 0.3) is 10.0 Å². The van der Waals surface area contributed by atoms with Gasteiger partial charge in [-0.15, -0.1) is 0 Å². The van der Waals surface area contributed by atoms with E-state index in [-0.39, 0.29) is 0 Å². The molecule has 0 unspecified atom stereocenters. The third-order valence-corrected chi connectivity index (χ3v) is 6.48. The average Bonchev–Trinajstić information content (AvgIpc) is 3.08. The molecule has 0 radical (unpaired) electrons. The fourth-order valence-electron chi connectivity index (χ4n) is 3.56. The van der Waals surface area contributed by atoms with Gasteiger partial charge in [0.05, 0.1) is 10.4 Å². The van der Waals surface area contributed by atoms with Gasteiger partial charge in [0.2, 0.25) is 0 Å². The number of benzene rings is 2. The van der Waals surface area contributed by atoms with Crippen LogP contribution in [-0.2, 0) is 10.0 Å². The zero-order chi connectivity index (χ0) is 16.6. The second kappa shape index (κ2) is 6.07. The van der Waals surface area contributed by atoms with Crippen molar-refractivity contribution in [1.29, 1.82) is 0 Å². The van der Waals surface area contributed by atoms with Gasteiger partial charge in [-0.1, -0.05) is 36.4 Å². The molecule has 1 aliphatic heterocycles. The first kappa shape index (κ1) is 15.4. The Bertz CT molecular complexity index is 955. The van der Waals surface area contributed by atoms with Gasteiger partial charge in [0, 0.05) is 11.6 Å². The van der Waals surface area contributed by atoms with Gasteiger partial charge in [-0.05, 0) is 55.6 Å². The van der Waals surface area contributed by atoms with E-state index in [0.29, 0.717) is 10.8 Å². The molecule has 4 nitrogen and oxygen atoms in total. The predicted octanol–water partition coefficient (Wildman–Crippen LogP) is 3.35. The van der Waals surface area contributed by atoms with Crippen molar-refractivity contribution >= 4 is 20.9 Å². The summed E-state index contributed by atoms with van der Waals surface area (Å²) >= 11 is 0. The van der Waals surface area contributed by atoms with Crippen LogP contribution in [0.25, 0.3) is 10.9 Å². The van der Waals surface area contributed by atoms with E-state index in [1.807, 2.05) is 24.3 Å². The van der Waals surface area contributed by atoms with Crippen molar-refractivity contribution in [2.24, 2.45) is 0 Å². The van der Waals surface area contributed by atoms with Crippen LogP contribution in [0.3, 0.4) is 0 Å². The first-order valence-electron chi connectivity index (χ1n) is 8.29. The lowest BCUT2D eigenvalue weighted by Gasteiger charge is -2.24. The highest BCUT2D eigenvalue weighted by atomic mass is 32.2. The Morgan fingerprint density at radius 2 is 1.67 bits per heavy atom. The summed E-state index contributed by atoms with van der Waals surface area (Å²) in [6.07, 6.45) is 3.75. The summed E-state index contributed by atoms with van der Waals surface area (Å²) in [6.45, 7) is 1.96. The molecule has 2 aromatic carbocycles. The summed E-state index contributed by atoms with van der Waals surface area (Å²) in [5.41, 5.74) is 1.96. The number of rotatable bonds is 3. The van der Waals surface area contributed by atoms with E-state index in [0.717, 1.165) is 42.4 Å². The van der Waals surface area contributed by atoms with Gasteiger partial charge in [-0.3, -0.25) is 0 Å².